The van der Waals surface area contributed by atoms with Crippen LogP contribution in [0, 0.1) is 6.92 Å². The highest BCUT2D eigenvalue weighted by molar-refractivity contribution is 7.09. The molecule has 2 N–H and O–H groups in total. The van der Waals surface area contributed by atoms with Crippen molar-refractivity contribution >= 4 is 17.0 Å². The van der Waals surface area contributed by atoms with E-state index in [1.807, 2.05) is 31.2 Å². The van der Waals surface area contributed by atoms with Gasteiger partial charge in [0.15, 0.2) is 0 Å². The third-order valence-corrected chi connectivity index (χ3v) is 4.89. The van der Waals surface area contributed by atoms with Gasteiger partial charge in [0.25, 0.3) is 0 Å². The van der Waals surface area contributed by atoms with Gasteiger partial charge in [-0.15, -0.1) is 11.3 Å². The summed E-state index contributed by atoms with van der Waals surface area (Å²) in [7, 11) is 0. The minimum Gasteiger partial charge on any atom is -0.488 e. The minimum atomic E-state index is -0.334. The number of aliphatic hydroxyl groups is 1. The first-order chi connectivity index (χ1) is 10.7. The second kappa shape index (κ2) is 7.11. The molecular formula is C17H22N2O2S. The minimum absolute atomic E-state index is 0.0640. The van der Waals surface area contributed by atoms with Crippen LogP contribution in [0.4, 0.5) is 5.69 Å². The molecule has 2 atom stereocenters. The number of hydrogen-bond donors (Lipinski definition) is 2. The number of nitrogens with zero attached hydrogens (tertiary/aromatic N) is 1. The lowest BCUT2D eigenvalue weighted by Crippen LogP contribution is -2.34. The highest BCUT2D eigenvalue weighted by Gasteiger charge is 2.24. The summed E-state index contributed by atoms with van der Waals surface area (Å²) in [4.78, 5) is 4.43. The van der Waals surface area contributed by atoms with Crippen molar-refractivity contribution in [2.45, 2.75) is 51.4 Å². The van der Waals surface area contributed by atoms with Gasteiger partial charge in [0, 0.05) is 16.8 Å². The van der Waals surface area contributed by atoms with E-state index in [0.717, 1.165) is 54.4 Å². The number of benzene rings is 1. The van der Waals surface area contributed by atoms with Crippen LogP contribution in [0.1, 0.15) is 36.4 Å². The highest BCUT2D eigenvalue weighted by Crippen LogP contribution is 2.25. The van der Waals surface area contributed by atoms with Crippen LogP contribution in [0.2, 0.25) is 0 Å². The highest BCUT2D eigenvalue weighted by atomic mass is 32.1. The molecule has 5 heteroatoms. The van der Waals surface area contributed by atoms with Crippen LogP contribution in [-0.2, 0) is 6.54 Å². The van der Waals surface area contributed by atoms with Crippen molar-refractivity contribution in [2.75, 3.05) is 5.32 Å². The molecule has 1 heterocycles. The van der Waals surface area contributed by atoms with Crippen LogP contribution in [0.5, 0.6) is 5.75 Å². The van der Waals surface area contributed by atoms with E-state index in [2.05, 4.69) is 15.7 Å². The Labute approximate surface area is 135 Å². The lowest BCUT2D eigenvalue weighted by Gasteiger charge is -2.28. The van der Waals surface area contributed by atoms with E-state index < -0.39 is 0 Å². The molecule has 1 aromatic carbocycles. The smallest absolute Gasteiger partial charge is 0.124 e. The zero-order chi connectivity index (χ0) is 15.4. The van der Waals surface area contributed by atoms with E-state index in [9.17, 15) is 5.11 Å². The average molecular weight is 318 g/mol. The predicted molar refractivity (Wildman–Crippen MR) is 89.5 cm³/mol. The fourth-order valence-corrected chi connectivity index (χ4v) is 3.41. The van der Waals surface area contributed by atoms with E-state index in [4.69, 9.17) is 4.74 Å². The molecule has 0 amide bonds. The number of aryl methyl sites for hydroxylation is 1. The molecule has 2 aromatic rings. The van der Waals surface area contributed by atoms with Gasteiger partial charge in [-0.1, -0.05) is 6.42 Å². The van der Waals surface area contributed by atoms with Gasteiger partial charge in [-0.05, 0) is 50.5 Å². The van der Waals surface area contributed by atoms with Crippen LogP contribution >= 0.6 is 11.3 Å². The summed E-state index contributed by atoms with van der Waals surface area (Å²) in [5, 5.41) is 16.5. The van der Waals surface area contributed by atoms with E-state index in [-0.39, 0.29) is 12.2 Å². The van der Waals surface area contributed by atoms with Crippen molar-refractivity contribution in [1.29, 1.82) is 0 Å². The fraction of sp³-hybridized carbons (Fsp3) is 0.471. The molecule has 1 fully saturated rings. The third kappa shape index (κ3) is 3.99. The van der Waals surface area contributed by atoms with E-state index in [1.54, 1.807) is 11.3 Å². The largest absolute Gasteiger partial charge is 0.488 e. The maximum Gasteiger partial charge on any atom is 0.124 e. The number of nitrogens with one attached hydrogen (secondary N) is 1. The standard InChI is InChI=1S/C17H22N2O2S/c1-12-11-22-17(19-12)10-18-13-6-8-14(9-7-13)21-16-5-3-2-4-15(16)20/h6-9,11,15-16,18,20H,2-5,10H2,1H3. The molecule has 1 aliphatic rings. The molecule has 22 heavy (non-hydrogen) atoms. The Bertz CT molecular complexity index is 597. The summed E-state index contributed by atoms with van der Waals surface area (Å²) >= 11 is 1.67. The Morgan fingerprint density at radius 1 is 1.27 bits per heavy atom. The lowest BCUT2D eigenvalue weighted by molar-refractivity contribution is 0.00688. The van der Waals surface area contributed by atoms with Gasteiger partial charge in [0.2, 0.25) is 0 Å². The number of ether oxygens (including phenoxy) is 1. The van der Waals surface area contributed by atoms with Crippen molar-refractivity contribution in [3.63, 3.8) is 0 Å². The number of thiazole rings is 1. The number of hydrogen-bond acceptors (Lipinski definition) is 5. The predicted octanol–water partition coefficient (Wildman–Crippen LogP) is 3.75. The summed E-state index contributed by atoms with van der Waals surface area (Å²) < 4.78 is 5.90. The Hall–Kier alpha value is -1.59. The molecule has 0 spiro atoms. The molecule has 0 radical (unpaired) electrons. The number of rotatable bonds is 5. The van der Waals surface area contributed by atoms with Gasteiger partial charge in [0.1, 0.15) is 16.9 Å². The molecule has 0 bridgehead atoms. The summed E-state index contributed by atoms with van der Waals surface area (Å²) in [6.45, 7) is 2.74. The van der Waals surface area contributed by atoms with Crippen molar-refractivity contribution in [3.05, 3.63) is 40.3 Å². The molecule has 1 aliphatic carbocycles. The molecular weight excluding hydrogens is 296 g/mol. The summed E-state index contributed by atoms with van der Waals surface area (Å²) in [6.07, 6.45) is 3.61. The van der Waals surface area contributed by atoms with Crippen LogP contribution in [0.3, 0.4) is 0 Å². The van der Waals surface area contributed by atoms with Crippen molar-refractivity contribution in [2.24, 2.45) is 0 Å². The first-order valence-electron chi connectivity index (χ1n) is 7.80. The Kier molecular flexibility index (Phi) is 4.95. The maximum atomic E-state index is 9.95. The first kappa shape index (κ1) is 15.3. The zero-order valence-corrected chi connectivity index (χ0v) is 13.6. The zero-order valence-electron chi connectivity index (χ0n) is 12.8. The Morgan fingerprint density at radius 2 is 2.05 bits per heavy atom. The molecule has 1 saturated carbocycles. The normalized spacial score (nSPS) is 21.5. The van der Waals surface area contributed by atoms with Gasteiger partial charge in [-0.25, -0.2) is 4.98 Å². The topological polar surface area (TPSA) is 54.4 Å². The molecule has 0 aliphatic heterocycles. The fourth-order valence-electron chi connectivity index (χ4n) is 2.70. The molecule has 0 saturated heterocycles. The Morgan fingerprint density at radius 3 is 2.73 bits per heavy atom. The monoisotopic (exact) mass is 318 g/mol. The molecule has 4 nitrogen and oxygen atoms in total. The summed E-state index contributed by atoms with van der Waals surface area (Å²) in [6, 6.07) is 7.92. The van der Waals surface area contributed by atoms with Crippen LogP contribution in [0.15, 0.2) is 29.6 Å². The third-order valence-electron chi connectivity index (χ3n) is 3.92. The van der Waals surface area contributed by atoms with E-state index in [1.165, 1.54) is 0 Å². The second-order valence-corrected chi connectivity index (χ2v) is 6.71. The van der Waals surface area contributed by atoms with Crippen molar-refractivity contribution in [3.8, 4) is 5.75 Å². The first-order valence-corrected chi connectivity index (χ1v) is 8.68. The lowest BCUT2D eigenvalue weighted by atomic mass is 9.95. The van der Waals surface area contributed by atoms with E-state index >= 15 is 0 Å². The number of aliphatic hydroxyl groups excluding tert-OH is 1. The number of anilines is 1. The quantitative estimate of drug-likeness (QED) is 0.881. The molecule has 2 unspecified atom stereocenters. The molecule has 118 valence electrons. The maximum absolute atomic E-state index is 9.95. The van der Waals surface area contributed by atoms with Gasteiger partial charge in [0.05, 0.1) is 12.6 Å². The number of aromatic nitrogens is 1. The summed E-state index contributed by atoms with van der Waals surface area (Å²) in [5.41, 5.74) is 2.11. The van der Waals surface area contributed by atoms with Gasteiger partial charge in [-0.3, -0.25) is 0 Å². The van der Waals surface area contributed by atoms with Gasteiger partial charge >= 0.3 is 0 Å². The van der Waals surface area contributed by atoms with E-state index in [0.29, 0.717) is 0 Å². The second-order valence-electron chi connectivity index (χ2n) is 5.77. The van der Waals surface area contributed by atoms with Crippen LogP contribution in [0.25, 0.3) is 0 Å². The van der Waals surface area contributed by atoms with Gasteiger partial charge < -0.3 is 15.2 Å². The Balaban J connectivity index is 1.53. The summed E-state index contributed by atoms with van der Waals surface area (Å²) in [5.74, 6) is 0.821. The van der Waals surface area contributed by atoms with Crippen LogP contribution < -0.4 is 10.1 Å². The average Bonchev–Trinajstić information content (AvgIpc) is 2.94. The van der Waals surface area contributed by atoms with Crippen LogP contribution in [-0.4, -0.2) is 22.3 Å². The van der Waals surface area contributed by atoms with Gasteiger partial charge in [-0.2, -0.15) is 0 Å². The van der Waals surface area contributed by atoms with Crippen molar-refractivity contribution < 1.29 is 9.84 Å². The van der Waals surface area contributed by atoms with Crippen molar-refractivity contribution in [1.82, 2.24) is 4.98 Å². The SMILES string of the molecule is Cc1csc(CNc2ccc(OC3CCCCC3O)cc2)n1. The molecule has 3 rings (SSSR count). The molecule has 1 aromatic heterocycles.